The van der Waals surface area contributed by atoms with Gasteiger partial charge in [0.15, 0.2) is 5.13 Å². The Morgan fingerprint density at radius 3 is 2.54 bits per heavy atom. The van der Waals surface area contributed by atoms with E-state index in [1.807, 2.05) is 0 Å². The van der Waals surface area contributed by atoms with Crippen molar-refractivity contribution >= 4 is 56.2 Å². The number of alkyl halides is 3. The summed E-state index contributed by atoms with van der Waals surface area (Å²) in [4.78, 5) is 43.7. The van der Waals surface area contributed by atoms with Crippen LogP contribution in [0.5, 0.6) is 0 Å². The number of piperidine rings is 1. The number of thiazole rings is 1. The lowest BCUT2D eigenvalue weighted by Crippen LogP contribution is -2.53. The summed E-state index contributed by atoms with van der Waals surface area (Å²) >= 11 is 7.06. The number of anilines is 1. The minimum Gasteiger partial charge on any atom is -0.448 e. The number of amides is 3. The van der Waals surface area contributed by atoms with Crippen LogP contribution in [0.25, 0.3) is 10.2 Å². The van der Waals surface area contributed by atoms with E-state index in [0.717, 1.165) is 23.5 Å². The van der Waals surface area contributed by atoms with Crippen molar-refractivity contribution in [1.29, 1.82) is 0 Å². The Kier molecular flexibility index (Phi) is 8.62. The number of carbonyl (C=O) groups excluding carboxylic acids is 3. The lowest BCUT2D eigenvalue weighted by molar-refractivity contribution is -0.142. The summed E-state index contributed by atoms with van der Waals surface area (Å²) in [5, 5.41) is 5.81. The number of hydrogen-bond acceptors (Lipinski definition) is 7. The van der Waals surface area contributed by atoms with E-state index in [-0.39, 0.29) is 72.8 Å². The second-order valence-corrected chi connectivity index (χ2v) is 10.5. The van der Waals surface area contributed by atoms with Crippen LogP contribution in [0.1, 0.15) is 24.0 Å². The molecule has 3 amide bonds. The smallest absolute Gasteiger partial charge is 0.416 e. The monoisotopic (exact) mass is 583 g/mol. The van der Waals surface area contributed by atoms with Gasteiger partial charge in [-0.05, 0) is 42.7 Å². The number of nitrogens with two attached hydrogens (primary N) is 1. The number of rotatable bonds is 7. The molecule has 1 aliphatic rings. The molecule has 0 atom stereocenters. The van der Waals surface area contributed by atoms with Crippen molar-refractivity contribution in [2.24, 2.45) is 11.1 Å². The maximum Gasteiger partial charge on any atom is 0.416 e. The lowest BCUT2D eigenvalue weighted by atomic mass is 9.78. The van der Waals surface area contributed by atoms with Gasteiger partial charge in [0, 0.05) is 24.7 Å². The van der Waals surface area contributed by atoms with Crippen LogP contribution >= 0.6 is 22.9 Å². The second-order valence-electron chi connectivity index (χ2n) is 9.04. The summed E-state index contributed by atoms with van der Waals surface area (Å²) in [6.45, 7) is 0.210. The first-order chi connectivity index (χ1) is 18.5. The Labute approximate surface area is 230 Å². The van der Waals surface area contributed by atoms with Crippen LogP contribution in [0.2, 0.25) is 5.02 Å². The molecule has 39 heavy (non-hydrogen) atoms. The van der Waals surface area contributed by atoms with Gasteiger partial charge >= 0.3 is 12.3 Å². The molecule has 2 aromatic carbocycles. The number of carbonyl (C=O) groups is 3. The molecule has 0 bridgehead atoms. The van der Waals surface area contributed by atoms with Crippen molar-refractivity contribution < 1.29 is 32.3 Å². The quantitative estimate of drug-likeness (QED) is 0.378. The van der Waals surface area contributed by atoms with Crippen LogP contribution in [0.15, 0.2) is 42.5 Å². The van der Waals surface area contributed by atoms with Gasteiger partial charge in [-0.2, -0.15) is 13.2 Å². The van der Waals surface area contributed by atoms with Crippen LogP contribution in [-0.4, -0.2) is 54.0 Å². The fourth-order valence-corrected chi connectivity index (χ4v) is 5.33. The van der Waals surface area contributed by atoms with E-state index in [4.69, 9.17) is 22.1 Å². The first-order valence-electron chi connectivity index (χ1n) is 11.9. The van der Waals surface area contributed by atoms with Crippen LogP contribution in [0.3, 0.4) is 0 Å². The zero-order valence-corrected chi connectivity index (χ0v) is 22.1. The Balaban J connectivity index is 1.43. The molecule has 0 aliphatic carbocycles. The molecule has 1 aromatic heterocycles. The standard InChI is InChI=1S/C25H25ClF3N5O4S/c26-17-4-2-1-3-15(17)13-31-21(36)24(7-9-34(10-8-24)20(35)12-30)14-38-23(37)33-22-32-18-6-5-16(25(27,28)29)11-19(18)39-22/h1-6,11H,7-10,12-14,30H2,(H,31,36)(H,32,33,37). The highest BCUT2D eigenvalue weighted by atomic mass is 35.5. The largest absolute Gasteiger partial charge is 0.448 e. The number of benzene rings is 2. The topological polar surface area (TPSA) is 127 Å². The molecule has 0 unspecified atom stereocenters. The third-order valence-corrected chi connectivity index (χ3v) is 7.83. The third-order valence-electron chi connectivity index (χ3n) is 6.53. The van der Waals surface area contributed by atoms with Crippen molar-refractivity contribution in [3.05, 3.63) is 58.6 Å². The molecule has 0 radical (unpaired) electrons. The van der Waals surface area contributed by atoms with Crippen LogP contribution < -0.4 is 16.4 Å². The summed E-state index contributed by atoms with van der Waals surface area (Å²) in [5.41, 5.74) is 4.51. The molecule has 14 heteroatoms. The number of halogens is 4. The second kappa shape index (κ2) is 11.8. The van der Waals surface area contributed by atoms with Gasteiger partial charge in [0.1, 0.15) is 6.61 Å². The third kappa shape index (κ3) is 6.78. The Morgan fingerprint density at radius 2 is 1.87 bits per heavy atom. The summed E-state index contributed by atoms with van der Waals surface area (Å²) in [6.07, 6.45) is -4.97. The SMILES string of the molecule is NCC(=O)N1CCC(COC(=O)Nc2nc3ccc(C(F)(F)F)cc3s2)(C(=O)NCc2ccccc2Cl)CC1. The van der Waals surface area contributed by atoms with Gasteiger partial charge in [0.2, 0.25) is 11.8 Å². The molecule has 2 heterocycles. The predicted octanol–water partition coefficient (Wildman–Crippen LogP) is 4.40. The Morgan fingerprint density at radius 1 is 1.15 bits per heavy atom. The molecule has 1 aliphatic heterocycles. The zero-order chi connectivity index (χ0) is 28.2. The number of fused-ring (bicyclic) bond motifs is 1. The number of nitrogens with zero attached hydrogens (tertiary/aromatic N) is 2. The average molecular weight is 584 g/mol. The fraction of sp³-hybridized carbons (Fsp3) is 0.360. The van der Waals surface area contributed by atoms with Crippen molar-refractivity contribution in [2.45, 2.75) is 25.6 Å². The first-order valence-corrected chi connectivity index (χ1v) is 13.1. The van der Waals surface area contributed by atoms with Gasteiger partial charge in [-0.1, -0.05) is 41.1 Å². The molecule has 208 valence electrons. The Bertz CT molecular complexity index is 1380. The summed E-state index contributed by atoms with van der Waals surface area (Å²) in [5.74, 6) is -0.613. The van der Waals surface area contributed by atoms with Gasteiger partial charge in [-0.15, -0.1) is 0 Å². The van der Waals surface area contributed by atoms with E-state index >= 15 is 0 Å². The highest BCUT2D eigenvalue weighted by Gasteiger charge is 2.43. The van der Waals surface area contributed by atoms with Crippen molar-refractivity contribution in [1.82, 2.24) is 15.2 Å². The zero-order valence-electron chi connectivity index (χ0n) is 20.5. The van der Waals surface area contributed by atoms with Crippen LogP contribution in [0.4, 0.5) is 23.1 Å². The van der Waals surface area contributed by atoms with Gasteiger partial charge in [0.05, 0.1) is 27.7 Å². The molecular formula is C25H25ClF3N5O4S. The van der Waals surface area contributed by atoms with Gasteiger partial charge < -0.3 is 20.7 Å². The highest BCUT2D eigenvalue weighted by molar-refractivity contribution is 7.22. The van der Waals surface area contributed by atoms with Crippen molar-refractivity contribution in [3.63, 3.8) is 0 Å². The van der Waals surface area contributed by atoms with E-state index in [0.29, 0.717) is 10.6 Å². The van der Waals surface area contributed by atoms with E-state index < -0.39 is 23.2 Å². The van der Waals surface area contributed by atoms with Gasteiger partial charge in [-0.25, -0.2) is 9.78 Å². The molecular weight excluding hydrogens is 559 g/mol. The maximum absolute atomic E-state index is 13.4. The van der Waals surface area contributed by atoms with Gasteiger partial charge in [-0.3, -0.25) is 14.9 Å². The first kappa shape index (κ1) is 28.6. The molecule has 4 N–H and O–H groups in total. The molecule has 0 spiro atoms. The number of nitrogens with one attached hydrogen (secondary N) is 2. The fourth-order valence-electron chi connectivity index (χ4n) is 4.24. The molecule has 3 aromatic rings. The molecule has 4 rings (SSSR count). The number of ether oxygens (including phenoxy) is 1. The summed E-state index contributed by atoms with van der Waals surface area (Å²) in [7, 11) is 0. The average Bonchev–Trinajstić information content (AvgIpc) is 3.32. The maximum atomic E-state index is 13.4. The molecule has 1 fully saturated rings. The van der Waals surface area contributed by atoms with Crippen molar-refractivity contribution in [3.8, 4) is 0 Å². The molecule has 0 saturated carbocycles. The molecule has 1 saturated heterocycles. The van der Waals surface area contributed by atoms with Crippen molar-refractivity contribution in [2.75, 3.05) is 31.6 Å². The predicted molar refractivity (Wildman–Crippen MR) is 140 cm³/mol. The minimum absolute atomic E-state index is 0.0508. The van der Waals surface area contributed by atoms with E-state index in [1.165, 1.54) is 6.07 Å². The van der Waals surface area contributed by atoms with E-state index in [1.54, 1.807) is 29.2 Å². The highest BCUT2D eigenvalue weighted by Crippen LogP contribution is 2.35. The number of likely N-dealkylation sites (tertiary alicyclic amines) is 1. The van der Waals surface area contributed by atoms with Crippen LogP contribution in [0, 0.1) is 5.41 Å². The Hall–Kier alpha value is -3.42. The van der Waals surface area contributed by atoms with Crippen LogP contribution in [-0.2, 0) is 27.0 Å². The minimum atomic E-state index is -4.50. The van der Waals surface area contributed by atoms with E-state index in [2.05, 4.69) is 15.6 Å². The van der Waals surface area contributed by atoms with E-state index in [9.17, 15) is 27.6 Å². The summed E-state index contributed by atoms with van der Waals surface area (Å²) < 4.78 is 44.6. The number of hydrogen-bond donors (Lipinski definition) is 3. The summed E-state index contributed by atoms with van der Waals surface area (Å²) in [6, 6.07) is 10.1. The normalized spacial score (nSPS) is 15.2. The number of aromatic nitrogens is 1. The molecule has 9 nitrogen and oxygen atoms in total. The lowest BCUT2D eigenvalue weighted by Gasteiger charge is -2.40. The van der Waals surface area contributed by atoms with Gasteiger partial charge in [0.25, 0.3) is 0 Å².